The van der Waals surface area contributed by atoms with Crippen molar-refractivity contribution in [2.45, 2.75) is 19.0 Å². The molecule has 0 bridgehead atoms. The molecule has 1 fully saturated rings. The van der Waals surface area contributed by atoms with Gasteiger partial charge >= 0.3 is 6.18 Å². The molecule has 0 saturated carbocycles. The van der Waals surface area contributed by atoms with Gasteiger partial charge in [0.2, 0.25) is 11.8 Å². The summed E-state index contributed by atoms with van der Waals surface area (Å²) in [6, 6.07) is 14.3. The van der Waals surface area contributed by atoms with Crippen LogP contribution in [0, 0.1) is 5.92 Å². The summed E-state index contributed by atoms with van der Waals surface area (Å²) >= 11 is 0. The molecule has 2 aromatic carbocycles. The zero-order valence-electron chi connectivity index (χ0n) is 14.5. The predicted molar refractivity (Wildman–Crippen MR) is 95.1 cm³/mol. The van der Waals surface area contributed by atoms with Crippen LogP contribution in [0.3, 0.4) is 0 Å². The molecule has 1 heterocycles. The van der Waals surface area contributed by atoms with E-state index in [9.17, 15) is 22.8 Å². The summed E-state index contributed by atoms with van der Waals surface area (Å²) in [5.41, 5.74) is 0.434. The summed E-state index contributed by atoms with van der Waals surface area (Å²) in [6.45, 7) is 0.522. The maximum Gasteiger partial charge on any atom is 0.416 e. The maximum absolute atomic E-state index is 12.9. The van der Waals surface area contributed by atoms with Crippen LogP contribution in [0.4, 0.5) is 18.9 Å². The van der Waals surface area contributed by atoms with Crippen molar-refractivity contribution >= 4 is 17.5 Å². The molecule has 1 saturated heterocycles. The van der Waals surface area contributed by atoms with Gasteiger partial charge in [0, 0.05) is 25.2 Å². The molecule has 4 nitrogen and oxygen atoms in total. The fourth-order valence-corrected chi connectivity index (χ4v) is 3.10. The van der Waals surface area contributed by atoms with Crippen molar-refractivity contribution in [2.75, 3.05) is 18.0 Å². The van der Waals surface area contributed by atoms with Crippen LogP contribution in [0.2, 0.25) is 0 Å². The minimum Gasteiger partial charge on any atom is -0.355 e. The zero-order chi connectivity index (χ0) is 19.4. The lowest BCUT2D eigenvalue weighted by molar-refractivity contribution is -0.137. The lowest BCUT2D eigenvalue weighted by Crippen LogP contribution is -2.34. The van der Waals surface area contributed by atoms with Crippen molar-refractivity contribution in [1.29, 1.82) is 0 Å². The van der Waals surface area contributed by atoms with E-state index < -0.39 is 17.7 Å². The topological polar surface area (TPSA) is 49.4 Å². The Balaban J connectivity index is 1.59. The third-order valence-electron chi connectivity index (χ3n) is 4.54. The summed E-state index contributed by atoms with van der Waals surface area (Å²) < 4.78 is 38.6. The Morgan fingerprint density at radius 1 is 1.11 bits per heavy atom. The largest absolute Gasteiger partial charge is 0.416 e. The summed E-state index contributed by atoms with van der Waals surface area (Å²) in [6.07, 6.45) is -3.81. The summed E-state index contributed by atoms with van der Waals surface area (Å²) in [4.78, 5) is 25.8. The van der Waals surface area contributed by atoms with Crippen molar-refractivity contribution in [2.24, 2.45) is 5.92 Å². The molecule has 2 aromatic rings. The summed E-state index contributed by atoms with van der Waals surface area (Å²) in [5, 5.41) is 2.80. The molecule has 27 heavy (non-hydrogen) atoms. The molecule has 142 valence electrons. The second kappa shape index (κ2) is 7.82. The molecule has 1 aliphatic rings. The van der Waals surface area contributed by atoms with Gasteiger partial charge in [-0.2, -0.15) is 13.2 Å². The van der Waals surface area contributed by atoms with Crippen LogP contribution in [0.15, 0.2) is 54.6 Å². The lowest BCUT2D eigenvalue weighted by atomic mass is 10.1. The molecule has 1 aliphatic heterocycles. The van der Waals surface area contributed by atoms with E-state index in [0.717, 1.165) is 17.7 Å². The summed E-state index contributed by atoms with van der Waals surface area (Å²) in [7, 11) is 0. The first-order valence-corrected chi connectivity index (χ1v) is 8.64. The highest BCUT2D eigenvalue weighted by Crippen LogP contribution is 2.33. The van der Waals surface area contributed by atoms with Gasteiger partial charge in [-0.25, -0.2) is 0 Å². The van der Waals surface area contributed by atoms with Gasteiger partial charge in [-0.15, -0.1) is 0 Å². The first-order chi connectivity index (χ1) is 12.8. The summed E-state index contributed by atoms with van der Waals surface area (Å²) in [5.74, 6) is -1.17. The van der Waals surface area contributed by atoms with Crippen LogP contribution < -0.4 is 10.2 Å². The van der Waals surface area contributed by atoms with Crippen molar-refractivity contribution in [3.63, 3.8) is 0 Å². The van der Waals surface area contributed by atoms with E-state index in [0.29, 0.717) is 13.0 Å². The average molecular weight is 376 g/mol. The number of amides is 2. The Kier molecular flexibility index (Phi) is 5.48. The van der Waals surface area contributed by atoms with Crippen molar-refractivity contribution in [3.8, 4) is 0 Å². The predicted octanol–water partition coefficient (Wildman–Crippen LogP) is 3.42. The zero-order valence-corrected chi connectivity index (χ0v) is 14.5. The quantitative estimate of drug-likeness (QED) is 0.869. The number of carbonyl (C=O) groups excluding carboxylic acids is 2. The van der Waals surface area contributed by atoms with Gasteiger partial charge < -0.3 is 10.2 Å². The van der Waals surface area contributed by atoms with Gasteiger partial charge in [-0.05, 0) is 30.2 Å². The fourth-order valence-electron chi connectivity index (χ4n) is 3.10. The first kappa shape index (κ1) is 18.9. The van der Waals surface area contributed by atoms with Crippen LogP contribution in [-0.2, 0) is 22.2 Å². The Morgan fingerprint density at radius 2 is 1.85 bits per heavy atom. The van der Waals surface area contributed by atoms with Crippen LogP contribution in [0.25, 0.3) is 0 Å². The molecule has 0 aromatic heterocycles. The smallest absolute Gasteiger partial charge is 0.355 e. The van der Waals surface area contributed by atoms with E-state index in [1.54, 1.807) is 0 Å². The first-order valence-electron chi connectivity index (χ1n) is 8.64. The van der Waals surface area contributed by atoms with E-state index in [1.165, 1.54) is 17.0 Å². The highest BCUT2D eigenvalue weighted by Gasteiger charge is 2.36. The van der Waals surface area contributed by atoms with E-state index in [4.69, 9.17) is 0 Å². The van der Waals surface area contributed by atoms with E-state index in [1.807, 2.05) is 30.3 Å². The number of alkyl halides is 3. The second-order valence-corrected chi connectivity index (χ2v) is 6.48. The Bertz CT molecular complexity index is 821. The number of halogens is 3. The highest BCUT2D eigenvalue weighted by molar-refractivity contribution is 6.00. The molecular formula is C20H19F3N2O2. The number of hydrogen-bond donors (Lipinski definition) is 1. The van der Waals surface area contributed by atoms with Crippen LogP contribution >= 0.6 is 0 Å². The van der Waals surface area contributed by atoms with Crippen LogP contribution in [0.1, 0.15) is 17.5 Å². The van der Waals surface area contributed by atoms with Crippen molar-refractivity contribution in [1.82, 2.24) is 5.32 Å². The number of carbonyl (C=O) groups is 2. The maximum atomic E-state index is 12.9. The van der Waals surface area contributed by atoms with Gasteiger partial charge in [0.05, 0.1) is 11.5 Å². The molecule has 3 rings (SSSR count). The minimum absolute atomic E-state index is 0.00653. The number of benzene rings is 2. The number of rotatable bonds is 5. The SMILES string of the molecule is O=C(NCCc1ccccc1)C1CC(=O)N(c2cccc(C(F)(F)F)c2)C1. The molecular weight excluding hydrogens is 357 g/mol. The Morgan fingerprint density at radius 3 is 2.56 bits per heavy atom. The van der Waals surface area contributed by atoms with Gasteiger partial charge in [-0.3, -0.25) is 9.59 Å². The van der Waals surface area contributed by atoms with Crippen molar-refractivity contribution < 1.29 is 22.8 Å². The second-order valence-electron chi connectivity index (χ2n) is 6.48. The highest BCUT2D eigenvalue weighted by atomic mass is 19.4. The van der Waals surface area contributed by atoms with Gasteiger partial charge in [0.15, 0.2) is 0 Å². The Hall–Kier alpha value is -2.83. The van der Waals surface area contributed by atoms with Crippen LogP contribution in [0.5, 0.6) is 0 Å². The number of nitrogens with zero attached hydrogens (tertiary/aromatic N) is 1. The van der Waals surface area contributed by atoms with Gasteiger partial charge in [0.1, 0.15) is 0 Å². The third kappa shape index (κ3) is 4.67. The van der Waals surface area contributed by atoms with Gasteiger partial charge in [0.25, 0.3) is 0 Å². The number of anilines is 1. The molecule has 1 unspecified atom stereocenters. The molecule has 0 radical (unpaired) electrons. The van der Waals surface area contributed by atoms with E-state index >= 15 is 0 Å². The fraction of sp³-hybridized carbons (Fsp3) is 0.300. The molecule has 2 amide bonds. The number of hydrogen-bond acceptors (Lipinski definition) is 2. The average Bonchev–Trinajstić information content (AvgIpc) is 3.04. The van der Waals surface area contributed by atoms with Crippen LogP contribution in [-0.4, -0.2) is 24.9 Å². The standard InChI is InChI=1S/C20H19F3N2O2/c21-20(22,23)16-7-4-8-17(12-16)25-13-15(11-18(25)26)19(27)24-10-9-14-5-2-1-3-6-14/h1-8,12,15H,9-11,13H2,(H,24,27). The monoisotopic (exact) mass is 376 g/mol. The molecule has 1 N–H and O–H groups in total. The lowest BCUT2D eigenvalue weighted by Gasteiger charge is -2.18. The van der Waals surface area contributed by atoms with Crippen molar-refractivity contribution in [3.05, 3.63) is 65.7 Å². The molecule has 0 aliphatic carbocycles. The minimum atomic E-state index is -4.48. The third-order valence-corrected chi connectivity index (χ3v) is 4.54. The molecule has 0 spiro atoms. The van der Waals surface area contributed by atoms with E-state index in [2.05, 4.69) is 5.32 Å². The molecule has 1 atom stereocenters. The normalized spacial score (nSPS) is 17.2. The number of nitrogens with one attached hydrogen (secondary N) is 1. The van der Waals surface area contributed by atoms with Gasteiger partial charge in [-0.1, -0.05) is 36.4 Å². The Labute approximate surface area is 155 Å². The molecule has 7 heteroatoms. The van der Waals surface area contributed by atoms with E-state index in [-0.39, 0.29) is 30.5 Å².